The van der Waals surface area contributed by atoms with Crippen LogP contribution in [0.1, 0.15) is 39.7 Å². The molecule has 106 valence electrons. The molecule has 0 amide bonds. The van der Waals surface area contributed by atoms with Crippen molar-refractivity contribution in [2.75, 3.05) is 13.2 Å². The van der Waals surface area contributed by atoms with E-state index in [-0.39, 0.29) is 0 Å². The van der Waals surface area contributed by atoms with Gasteiger partial charge in [0.05, 0.1) is 18.7 Å². The van der Waals surface area contributed by atoms with Crippen LogP contribution in [0.4, 0.5) is 0 Å². The smallest absolute Gasteiger partial charge is 0.360 e. The Bertz CT molecular complexity index is 662. The first-order valence-corrected chi connectivity index (χ1v) is 7.30. The van der Waals surface area contributed by atoms with E-state index in [1.54, 1.807) is 24.4 Å². The average Bonchev–Trinajstić information content (AvgIpc) is 2.78. The molecule has 2 aromatic heterocycles. The highest BCUT2D eigenvalue weighted by Gasteiger charge is 2.22. The Morgan fingerprint density at radius 1 is 1.20 bits per heavy atom. The van der Waals surface area contributed by atoms with Crippen molar-refractivity contribution in [3.8, 4) is 0 Å². The van der Waals surface area contributed by atoms with E-state index < -0.39 is 11.9 Å². The van der Waals surface area contributed by atoms with Gasteiger partial charge in [-0.1, -0.05) is 0 Å². The van der Waals surface area contributed by atoms with E-state index in [1.165, 1.54) is 0 Å². The zero-order valence-electron chi connectivity index (χ0n) is 11.7. The minimum Gasteiger partial charge on any atom is -0.462 e. The van der Waals surface area contributed by atoms with Crippen molar-refractivity contribution in [2.45, 2.75) is 20.8 Å². The average molecular weight is 293 g/mol. The third-order valence-electron chi connectivity index (χ3n) is 2.73. The van der Waals surface area contributed by atoms with Gasteiger partial charge in [0.2, 0.25) is 0 Å². The molecule has 0 unspecified atom stereocenters. The first-order chi connectivity index (χ1) is 9.58. The Labute approximate surface area is 118 Å². The first-order valence-electron chi connectivity index (χ1n) is 6.41. The zero-order valence-corrected chi connectivity index (χ0v) is 12.6. The van der Waals surface area contributed by atoms with Crippen LogP contribution in [0.3, 0.4) is 0 Å². The van der Waals surface area contributed by atoms with E-state index in [9.17, 15) is 9.59 Å². The standard InChI is InChI=1S/C14H16NO4P/c1-4-18-13(16)11-10-8-9(3)6-7-15(10)12(20-11)14(17)19-5-2/h6-8H,4-5H2,1-3H3. The number of aryl methyl sites for hydroxylation is 1. The number of rotatable bonds is 4. The second kappa shape index (κ2) is 6.06. The number of pyridine rings is 1. The summed E-state index contributed by atoms with van der Waals surface area (Å²) in [6.07, 6.45) is 1.77. The summed E-state index contributed by atoms with van der Waals surface area (Å²) in [5.41, 5.74) is 2.12. The van der Waals surface area contributed by atoms with E-state index in [2.05, 4.69) is 0 Å². The molecule has 0 fully saturated rings. The monoisotopic (exact) mass is 293 g/mol. The van der Waals surface area contributed by atoms with Crippen LogP contribution in [0.25, 0.3) is 5.52 Å². The highest BCUT2D eigenvalue weighted by Crippen LogP contribution is 2.30. The zero-order chi connectivity index (χ0) is 14.7. The molecule has 2 heterocycles. The number of aromatic nitrogens is 1. The summed E-state index contributed by atoms with van der Waals surface area (Å²) >= 11 is 0. The largest absolute Gasteiger partial charge is 0.462 e. The number of ether oxygens (including phenoxy) is 2. The predicted octanol–water partition coefficient (Wildman–Crippen LogP) is 3.18. The molecule has 0 aliphatic rings. The molecule has 0 saturated heterocycles. The molecule has 0 bridgehead atoms. The quantitative estimate of drug-likeness (QED) is 0.812. The molecule has 2 aromatic rings. The lowest BCUT2D eigenvalue weighted by Crippen LogP contribution is -2.06. The van der Waals surface area contributed by atoms with Crippen molar-refractivity contribution in [2.24, 2.45) is 0 Å². The molecule has 0 atom stereocenters. The molecule has 5 nitrogen and oxygen atoms in total. The topological polar surface area (TPSA) is 57.0 Å². The predicted molar refractivity (Wildman–Crippen MR) is 76.6 cm³/mol. The summed E-state index contributed by atoms with van der Waals surface area (Å²) in [5, 5.41) is 0.471. The molecule has 0 radical (unpaired) electrons. The fourth-order valence-corrected chi connectivity index (χ4v) is 2.97. The van der Waals surface area contributed by atoms with Crippen molar-refractivity contribution in [3.05, 3.63) is 34.6 Å². The lowest BCUT2D eigenvalue weighted by atomic mass is 10.2. The summed E-state index contributed by atoms with van der Waals surface area (Å²) in [7, 11) is 0.522. The van der Waals surface area contributed by atoms with Crippen LogP contribution >= 0.6 is 8.19 Å². The second-order valence-corrected chi connectivity index (χ2v) is 5.28. The Morgan fingerprint density at radius 2 is 1.85 bits per heavy atom. The molecule has 0 N–H and O–H groups in total. The molecule has 20 heavy (non-hydrogen) atoms. The lowest BCUT2D eigenvalue weighted by molar-refractivity contribution is 0.0519. The maximum atomic E-state index is 12.0. The third-order valence-corrected chi connectivity index (χ3v) is 3.97. The van der Waals surface area contributed by atoms with Crippen molar-refractivity contribution in [1.82, 2.24) is 4.40 Å². The second-order valence-electron chi connectivity index (χ2n) is 4.18. The number of esters is 2. The van der Waals surface area contributed by atoms with E-state index in [0.29, 0.717) is 37.6 Å². The molecule has 0 spiro atoms. The van der Waals surface area contributed by atoms with Crippen LogP contribution in [0, 0.1) is 6.92 Å². The number of carbonyl (C=O) groups excluding carboxylic acids is 2. The molecular weight excluding hydrogens is 277 g/mol. The van der Waals surface area contributed by atoms with Crippen LogP contribution in [0.15, 0.2) is 18.3 Å². The third kappa shape index (κ3) is 2.68. The van der Waals surface area contributed by atoms with E-state index in [0.717, 1.165) is 5.56 Å². The van der Waals surface area contributed by atoms with Crippen molar-refractivity contribution >= 4 is 25.6 Å². The van der Waals surface area contributed by atoms with Gasteiger partial charge in [-0.2, -0.15) is 0 Å². The fourth-order valence-electron chi connectivity index (χ4n) is 1.88. The highest BCUT2D eigenvalue weighted by molar-refractivity contribution is 7.35. The van der Waals surface area contributed by atoms with E-state index in [4.69, 9.17) is 9.47 Å². The van der Waals surface area contributed by atoms with Crippen molar-refractivity contribution < 1.29 is 19.1 Å². The van der Waals surface area contributed by atoms with Crippen LogP contribution in [-0.4, -0.2) is 29.6 Å². The lowest BCUT2D eigenvalue weighted by Gasteiger charge is -2.03. The molecule has 0 aliphatic heterocycles. The summed E-state index contributed by atoms with van der Waals surface area (Å²) in [5.74, 6) is -0.809. The van der Waals surface area contributed by atoms with Gasteiger partial charge in [-0.15, -0.1) is 0 Å². The van der Waals surface area contributed by atoms with Gasteiger partial charge in [-0.05, 0) is 46.7 Å². The van der Waals surface area contributed by atoms with Crippen LogP contribution in [0.5, 0.6) is 0 Å². The van der Waals surface area contributed by atoms with Crippen molar-refractivity contribution in [1.29, 1.82) is 0 Å². The Kier molecular flexibility index (Phi) is 4.40. The van der Waals surface area contributed by atoms with Gasteiger partial charge in [0, 0.05) is 6.20 Å². The number of nitrogens with zero attached hydrogens (tertiary/aromatic N) is 1. The van der Waals surface area contributed by atoms with Crippen LogP contribution in [0.2, 0.25) is 0 Å². The molecule has 0 aromatic carbocycles. The summed E-state index contributed by atoms with van der Waals surface area (Å²) in [4.78, 5) is 24.0. The minimum atomic E-state index is -0.413. The van der Waals surface area contributed by atoms with Gasteiger partial charge in [-0.25, -0.2) is 9.59 Å². The van der Waals surface area contributed by atoms with Crippen LogP contribution in [-0.2, 0) is 9.47 Å². The van der Waals surface area contributed by atoms with Gasteiger partial charge >= 0.3 is 11.9 Å². The molecule has 0 saturated carbocycles. The van der Waals surface area contributed by atoms with Crippen LogP contribution < -0.4 is 0 Å². The molecule has 0 aliphatic carbocycles. The highest BCUT2D eigenvalue weighted by atomic mass is 31.0. The number of hydrogen-bond donors (Lipinski definition) is 0. The minimum absolute atomic E-state index is 0.300. The van der Waals surface area contributed by atoms with Gasteiger partial charge in [-0.3, -0.25) is 0 Å². The molecular formula is C14H16NO4P. The summed E-state index contributed by atoms with van der Waals surface area (Å²) in [6.45, 7) is 6.04. The van der Waals surface area contributed by atoms with Gasteiger partial charge < -0.3 is 13.9 Å². The molecule has 6 heteroatoms. The van der Waals surface area contributed by atoms with Gasteiger partial charge in [0.25, 0.3) is 0 Å². The first kappa shape index (κ1) is 14.5. The van der Waals surface area contributed by atoms with Gasteiger partial charge in [0.1, 0.15) is 5.30 Å². The summed E-state index contributed by atoms with van der Waals surface area (Å²) < 4.78 is 11.8. The van der Waals surface area contributed by atoms with Gasteiger partial charge in [0.15, 0.2) is 5.43 Å². The number of carbonyl (C=O) groups is 2. The Hall–Kier alpha value is -1.87. The van der Waals surface area contributed by atoms with E-state index >= 15 is 0 Å². The maximum Gasteiger partial charge on any atom is 0.360 e. The molecule has 2 rings (SSSR count). The Balaban J connectivity index is 2.60. The summed E-state index contributed by atoms with van der Waals surface area (Å²) in [6, 6.07) is 3.75. The SMILES string of the molecule is CCOC(=O)c1pc(C(=O)OCC)n2ccc(C)cc12. The fraction of sp³-hybridized carbons (Fsp3) is 0.357. The number of fused-ring (bicyclic) bond motifs is 1. The van der Waals surface area contributed by atoms with Crippen molar-refractivity contribution in [3.63, 3.8) is 0 Å². The normalized spacial score (nSPS) is 10.9. The Morgan fingerprint density at radius 3 is 2.50 bits per heavy atom. The van der Waals surface area contributed by atoms with E-state index in [1.807, 2.05) is 19.1 Å². The maximum absolute atomic E-state index is 12.0. The number of hydrogen-bond acceptors (Lipinski definition) is 4.